The van der Waals surface area contributed by atoms with E-state index in [-0.39, 0.29) is 56.2 Å². The van der Waals surface area contributed by atoms with E-state index in [1.54, 1.807) is 20.8 Å². The third-order valence-corrected chi connectivity index (χ3v) is 13.4. The number of halogens is 3. The van der Waals surface area contributed by atoms with E-state index in [0.717, 1.165) is 12.1 Å². The fraction of sp³-hybridized carbons (Fsp3) is 0.552. The second kappa shape index (κ2) is 11.5. The summed E-state index contributed by atoms with van der Waals surface area (Å²) in [5.41, 5.74) is -1.15. The zero-order chi connectivity index (χ0) is 31.4. The standard InChI is InChI=1S/C29H34ClF2NO8S2/c1-28(2,3)41-27(34)33-13-10-20(16-33)42(35,36)15-11-24-21-17-40-26-23(32)9-8-22(31)25(26)29(21,12-14-39-24)43(37,38)19-6-4-18(30)5-7-19/h4-9,20-21,24H,10-17H2,1-3H3/t20-,21+,24+,29+/m1/s1. The van der Waals surface area contributed by atoms with Gasteiger partial charge in [-0.3, -0.25) is 0 Å². The molecule has 4 atom stereocenters. The van der Waals surface area contributed by atoms with Gasteiger partial charge in [0.05, 0.1) is 34.2 Å². The van der Waals surface area contributed by atoms with Gasteiger partial charge in [0.15, 0.2) is 31.2 Å². The lowest BCUT2D eigenvalue weighted by molar-refractivity contribution is -0.0732. The fourth-order valence-electron chi connectivity index (χ4n) is 6.30. The molecular weight excluding hydrogens is 628 g/mol. The summed E-state index contributed by atoms with van der Waals surface area (Å²) in [6.45, 7) is 4.89. The van der Waals surface area contributed by atoms with Gasteiger partial charge in [-0.1, -0.05) is 11.6 Å². The Labute approximate surface area is 255 Å². The molecule has 0 N–H and O–H groups in total. The van der Waals surface area contributed by atoms with Crippen LogP contribution < -0.4 is 4.74 Å². The third-order valence-electron chi connectivity index (χ3n) is 8.34. The molecule has 5 rings (SSSR count). The number of likely N-dealkylation sites (tertiary alicyclic amines) is 1. The van der Waals surface area contributed by atoms with Crippen molar-refractivity contribution in [3.63, 3.8) is 0 Å². The minimum Gasteiger partial charge on any atom is -0.490 e. The molecule has 2 aromatic rings. The lowest BCUT2D eigenvalue weighted by Crippen LogP contribution is -2.57. The summed E-state index contributed by atoms with van der Waals surface area (Å²) >= 11 is 6.00. The Bertz CT molecular complexity index is 1610. The highest BCUT2D eigenvalue weighted by Gasteiger charge is 2.61. The summed E-state index contributed by atoms with van der Waals surface area (Å²) in [4.78, 5) is 13.7. The normalized spacial score (nSPS) is 25.9. The van der Waals surface area contributed by atoms with E-state index in [4.69, 9.17) is 25.8 Å². The van der Waals surface area contributed by atoms with Gasteiger partial charge in [0, 0.05) is 30.6 Å². The highest BCUT2D eigenvalue weighted by molar-refractivity contribution is 7.92. The van der Waals surface area contributed by atoms with Crippen LogP contribution in [0.1, 0.15) is 45.6 Å². The zero-order valence-corrected chi connectivity index (χ0v) is 26.4. The van der Waals surface area contributed by atoms with Crippen LogP contribution in [-0.2, 0) is 33.9 Å². The number of hydrogen-bond acceptors (Lipinski definition) is 8. The number of fused-ring (bicyclic) bond motifs is 3. The number of nitrogens with zero attached hydrogens (tertiary/aromatic N) is 1. The molecule has 3 aliphatic heterocycles. The van der Waals surface area contributed by atoms with E-state index in [2.05, 4.69) is 0 Å². The summed E-state index contributed by atoms with van der Waals surface area (Å²) in [5, 5.41) is -0.536. The number of rotatable bonds is 6. The van der Waals surface area contributed by atoms with Crippen LogP contribution in [0.5, 0.6) is 5.75 Å². The monoisotopic (exact) mass is 661 g/mol. The lowest BCUT2D eigenvalue weighted by atomic mass is 9.75. The molecule has 0 aliphatic carbocycles. The molecule has 0 bridgehead atoms. The zero-order valence-electron chi connectivity index (χ0n) is 24.0. The average Bonchev–Trinajstić information content (AvgIpc) is 3.45. The quantitative estimate of drug-likeness (QED) is 0.429. The van der Waals surface area contributed by atoms with Gasteiger partial charge in [-0.15, -0.1) is 0 Å². The van der Waals surface area contributed by atoms with Gasteiger partial charge < -0.3 is 19.1 Å². The topological polar surface area (TPSA) is 116 Å². The first kappa shape index (κ1) is 31.9. The van der Waals surface area contributed by atoms with Crippen molar-refractivity contribution in [2.45, 2.75) is 66.6 Å². The molecule has 0 aromatic heterocycles. The van der Waals surface area contributed by atoms with Gasteiger partial charge in [-0.25, -0.2) is 30.4 Å². The van der Waals surface area contributed by atoms with Crippen LogP contribution in [0.4, 0.5) is 13.6 Å². The first-order valence-corrected chi connectivity index (χ1v) is 17.6. The second-order valence-electron chi connectivity index (χ2n) is 12.1. The van der Waals surface area contributed by atoms with Gasteiger partial charge in [-0.05, 0) is 76.4 Å². The summed E-state index contributed by atoms with van der Waals surface area (Å²) < 4.78 is 101. The number of carbonyl (C=O) groups excluding carboxylic acids is 1. The van der Waals surface area contributed by atoms with Crippen molar-refractivity contribution in [2.24, 2.45) is 5.92 Å². The number of amides is 1. The molecule has 2 aromatic carbocycles. The molecule has 2 saturated heterocycles. The molecule has 0 unspecified atom stereocenters. The Morgan fingerprint density at radius 1 is 1.09 bits per heavy atom. The van der Waals surface area contributed by atoms with Gasteiger partial charge in [0.25, 0.3) is 0 Å². The van der Waals surface area contributed by atoms with Crippen LogP contribution >= 0.6 is 11.6 Å². The molecule has 0 saturated carbocycles. The van der Waals surface area contributed by atoms with E-state index in [1.807, 2.05) is 0 Å². The highest BCUT2D eigenvalue weighted by Crippen LogP contribution is 2.56. The van der Waals surface area contributed by atoms with E-state index >= 15 is 4.39 Å². The number of carbonyl (C=O) groups is 1. The Hall–Kier alpha value is -2.48. The number of benzene rings is 2. The van der Waals surface area contributed by atoms with Crippen molar-refractivity contribution in [3.8, 4) is 5.75 Å². The molecule has 3 heterocycles. The summed E-state index contributed by atoms with van der Waals surface area (Å²) in [6.07, 6.45) is -1.64. The van der Waals surface area contributed by atoms with Crippen molar-refractivity contribution < 1.29 is 44.6 Å². The van der Waals surface area contributed by atoms with Crippen LogP contribution in [0.15, 0.2) is 41.3 Å². The molecule has 9 nitrogen and oxygen atoms in total. The third kappa shape index (κ3) is 5.85. The van der Waals surface area contributed by atoms with E-state index < -0.39 is 76.3 Å². The van der Waals surface area contributed by atoms with Crippen LogP contribution in [0.2, 0.25) is 5.02 Å². The van der Waals surface area contributed by atoms with E-state index in [9.17, 15) is 26.0 Å². The average molecular weight is 662 g/mol. The predicted molar refractivity (Wildman–Crippen MR) is 155 cm³/mol. The molecule has 2 fully saturated rings. The van der Waals surface area contributed by atoms with Gasteiger partial charge in [0.2, 0.25) is 0 Å². The van der Waals surface area contributed by atoms with Crippen LogP contribution in [0.25, 0.3) is 0 Å². The maximum Gasteiger partial charge on any atom is 0.410 e. The van der Waals surface area contributed by atoms with E-state index in [0.29, 0.717) is 5.02 Å². The molecule has 1 amide bonds. The molecular formula is C29H34ClF2NO8S2. The molecule has 3 aliphatic rings. The van der Waals surface area contributed by atoms with Crippen molar-refractivity contribution in [2.75, 3.05) is 32.1 Å². The number of sulfone groups is 2. The Balaban J connectivity index is 1.44. The molecule has 0 spiro atoms. The number of hydrogen-bond donors (Lipinski definition) is 0. The SMILES string of the molecule is CC(C)(C)OC(=O)N1CC[C@@H](S(=O)(=O)CC[C@@H]2OCC[C@@]3(S(=O)(=O)c4ccc(Cl)cc4)c4c(F)ccc(F)c4OC[C@@H]23)C1. The first-order chi connectivity index (χ1) is 20.1. The maximum atomic E-state index is 15.6. The van der Waals surface area contributed by atoms with Crippen LogP contribution in [0, 0.1) is 17.6 Å². The van der Waals surface area contributed by atoms with Crippen molar-refractivity contribution in [3.05, 3.63) is 58.6 Å². The van der Waals surface area contributed by atoms with Crippen LogP contribution in [0.3, 0.4) is 0 Å². The van der Waals surface area contributed by atoms with E-state index in [1.165, 1.54) is 29.2 Å². The Morgan fingerprint density at radius 3 is 2.44 bits per heavy atom. The van der Waals surface area contributed by atoms with Gasteiger partial charge in [-0.2, -0.15) is 0 Å². The minimum absolute atomic E-state index is 0.0257. The molecule has 43 heavy (non-hydrogen) atoms. The summed E-state index contributed by atoms with van der Waals surface area (Å²) in [6, 6.07) is 7.15. The van der Waals surface area contributed by atoms with Crippen molar-refractivity contribution in [1.82, 2.24) is 4.90 Å². The predicted octanol–water partition coefficient (Wildman–Crippen LogP) is 4.90. The molecule has 236 valence electrons. The molecule has 0 radical (unpaired) electrons. The largest absolute Gasteiger partial charge is 0.490 e. The number of ether oxygens (including phenoxy) is 3. The second-order valence-corrected chi connectivity index (χ2v) is 17.2. The molecule has 14 heteroatoms. The summed E-state index contributed by atoms with van der Waals surface area (Å²) in [5.74, 6) is -3.74. The van der Waals surface area contributed by atoms with Crippen molar-refractivity contribution >= 4 is 37.4 Å². The minimum atomic E-state index is -4.42. The maximum absolute atomic E-state index is 15.6. The van der Waals surface area contributed by atoms with Gasteiger partial charge >= 0.3 is 6.09 Å². The first-order valence-electron chi connectivity index (χ1n) is 14.0. The van der Waals surface area contributed by atoms with Crippen LogP contribution in [-0.4, -0.2) is 76.8 Å². The lowest BCUT2D eigenvalue weighted by Gasteiger charge is -2.50. The Morgan fingerprint density at radius 2 is 1.77 bits per heavy atom. The smallest absolute Gasteiger partial charge is 0.410 e. The van der Waals surface area contributed by atoms with Crippen molar-refractivity contribution in [1.29, 1.82) is 0 Å². The fourth-order valence-corrected chi connectivity index (χ4v) is 10.5. The Kier molecular flexibility index (Phi) is 8.51. The summed E-state index contributed by atoms with van der Waals surface area (Å²) in [7, 11) is -8.18. The van der Waals surface area contributed by atoms with Gasteiger partial charge in [0.1, 0.15) is 16.2 Å². The highest BCUT2D eigenvalue weighted by atomic mass is 35.5.